The molecule has 0 spiro atoms. The number of halogens is 6. The first-order valence-corrected chi connectivity index (χ1v) is 12.4. The van der Waals surface area contributed by atoms with E-state index in [4.69, 9.17) is 4.74 Å². The summed E-state index contributed by atoms with van der Waals surface area (Å²) in [5, 5.41) is 0. The first-order valence-electron chi connectivity index (χ1n) is 11.3. The Balaban J connectivity index is 1.42. The Morgan fingerprint density at radius 2 is 1.60 bits per heavy atom. The number of hydrogen-bond acceptors (Lipinski definition) is 4. The van der Waals surface area contributed by atoms with Gasteiger partial charge in [0.05, 0.1) is 41.7 Å². The Kier molecular flexibility index (Phi) is 7.61. The van der Waals surface area contributed by atoms with Gasteiger partial charge in [-0.25, -0.2) is 0 Å². The average molecular weight is 521 g/mol. The molecule has 0 amide bonds. The molecule has 4 rings (SSSR count). The third-order valence-electron chi connectivity index (χ3n) is 6.35. The molecular weight excluding hydrogens is 494 g/mol. The van der Waals surface area contributed by atoms with Gasteiger partial charge in [-0.1, -0.05) is 12.1 Å². The van der Waals surface area contributed by atoms with Crippen molar-refractivity contribution in [3.05, 3.63) is 59.2 Å². The van der Waals surface area contributed by atoms with E-state index in [1.54, 1.807) is 6.07 Å². The van der Waals surface area contributed by atoms with Crippen LogP contribution in [-0.4, -0.2) is 46.0 Å². The van der Waals surface area contributed by atoms with Crippen molar-refractivity contribution in [3.8, 4) is 5.75 Å². The van der Waals surface area contributed by atoms with E-state index in [2.05, 4.69) is 0 Å². The van der Waals surface area contributed by atoms with Gasteiger partial charge in [-0.05, 0) is 55.5 Å². The minimum absolute atomic E-state index is 0.0675. The fourth-order valence-corrected chi connectivity index (χ4v) is 6.10. The van der Waals surface area contributed by atoms with Crippen molar-refractivity contribution in [2.45, 2.75) is 61.6 Å². The molecule has 0 radical (unpaired) electrons. The van der Waals surface area contributed by atoms with Crippen molar-refractivity contribution >= 4 is 11.4 Å². The van der Waals surface area contributed by atoms with Crippen LogP contribution in [0.3, 0.4) is 0 Å². The highest BCUT2D eigenvalue weighted by Crippen LogP contribution is 2.39. The molecule has 0 bridgehead atoms. The number of ether oxygens (including phenoxy) is 1. The molecule has 1 aliphatic heterocycles. The van der Waals surface area contributed by atoms with E-state index in [9.17, 15) is 30.9 Å². The largest absolute Gasteiger partial charge is 0.593 e. The molecule has 0 aromatic heterocycles. The van der Waals surface area contributed by atoms with Crippen LogP contribution in [0.4, 0.5) is 26.3 Å². The number of nitrogens with zero attached hydrogens (tertiary/aromatic N) is 2. The minimum Gasteiger partial charge on any atom is -0.593 e. The number of likely N-dealkylation sites (tertiary alicyclic amines) is 1. The molecule has 1 saturated carbocycles. The van der Waals surface area contributed by atoms with Gasteiger partial charge in [-0.2, -0.15) is 26.3 Å². The van der Waals surface area contributed by atoms with Crippen molar-refractivity contribution in [3.63, 3.8) is 0 Å². The minimum atomic E-state index is -4.52. The van der Waals surface area contributed by atoms with Crippen molar-refractivity contribution in [2.24, 2.45) is 0 Å². The Morgan fingerprint density at radius 1 is 0.943 bits per heavy atom. The van der Waals surface area contributed by atoms with Gasteiger partial charge in [-0.15, -0.1) is 4.31 Å². The van der Waals surface area contributed by atoms with Crippen molar-refractivity contribution in [2.75, 3.05) is 20.2 Å². The fourth-order valence-electron chi connectivity index (χ4n) is 4.47. The van der Waals surface area contributed by atoms with E-state index in [0.29, 0.717) is 38.0 Å². The van der Waals surface area contributed by atoms with Crippen LogP contribution in [0.1, 0.15) is 42.4 Å². The van der Waals surface area contributed by atoms with Crippen LogP contribution in [0.5, 0.6) is 5.75 Å². The summed E-state index contributed by atoms with van der Waals surface area (Å²) in [7, 11) is 1.20. The zero-order valence-corrected chi connectivity index (χ0v) is 19.8. The standard InChI is InChI=1S/C24H26F6N2O2S/c1-34-22-8-5-16(13-21(22)24(28,29)30)15-31-11-9-19(10-12-31)32(18-6-7-18)35(33)20-4-2-3-17(14-20)23(25,26)27/h2-5,8,13-14,18-19H,6-7,9-12,15H2,1H3. The third-order valence-corrected chi connectivity index (χ3v) is 7.99. The Morgan fingerprint density at radius 3 is 2.17 bits per heavy atom. The molecule has 192 valence electrons. The topological polar surface area (TPSA) is 38.8 Å². The highest BCUT2D eigenvalue weighted by molar-refractivity contribution is 7.89. The van der Waals surface area contributed by atoms with Crippen LogP contribution in [-0.2, 0) is 30.3 Å². The molecule has 1 atom stereocenters. The summed E-state index contributed by atoms with van der Waals surface area (Å²) in [4.78, 5) is 2.17. The van der Waals surface area contributed by atoms with Gasteiger partial charge < -0.3 is 9.29 Å². The second-order valence-corrected chi connectivity index (χ2v) is 10.3. The highest BCUT2D eigenvalue weighted by Gasteiger charge is 2.44. The number of methoxy groups -OCH3 is 1. The maximum absolute atomic E-state index is 13.3. The van der Waals surface area contributed by atoms with Crippen LogP contribution in [0, 0.1) is 0 Å². The molecule has 11 heteroatoms. The van der Waals surface area contributed by atoms with E-state index < -0.39 is 34.8 Å². The van der Waals surface area contributed by atoms with E-state index in [1.807, 2.05) is 9.21 Å². The molecule has 1 heterocycles. The summed E-state index contributed by atoms with van der Waals surface area (Å²) in [5.74, 6) is -0.225. The number of benzene rings is 2. The summed E-state index contributed by atoms with van der Waals surface area (Å²) < 4.78 is 99.4. The first-order chi connectivity index (χ1) is 16.5. The molecule has 2 aliphatic rings. The van der Waals surface area contributed by atoms with Gasteiger partial charge in [0.1, 0.15) is 5.75 Å². The molecule has 1 unspecified atom stereocenters. The third kappa shape index (κ3) is 6.25. The van der Waals surface area contributed by atoms with Crippen molar-refractivity contribution in [1.29, 1.82) is 0 Å². The fraction of sp³-hybridized carbons (Fsp3) is 0.500. The van der Waals surface area contributed by atoms with E-state index in [-0.39, 0.29) is 22.7 Å². The second kappa shape index (κ2) is 10.2. The highest BCUT2D eigenvalue weighted by atomic mass is 32.2. The number of alkyl halides is 6. The first kappa shape index (κ1) is 26.1. The lowest BCUT2D eigenvalue weighted by Gasteiger charge is -2.38. The second-order valence-electron chi connectivity index (χ2n) is 8.91. The average Bonchev–Trinajstić information content (AvgIpc) is 3.64. The predicted octanol–water partition coefficient (Wildman–Crippen LogP) is 5.88. The summed E-state index contributed by atoms with van der Waals surface area (Å²) in [5.41, 5.74) is -1.13. The van der Waals surface area contributed by atoms with Gasteiger partial charge in [-0.3, -0.25) is 4.90 Å². The van der Waals surface area contributed by atoms with Crippen LogP contribution in [0.15, 0.2) is 47.4 Å². The molecule has 4 nitrogen and oxygen atoms in total. The summed E-state index contributed by atoms with van der Waals surface area (Å²) in [6.45, 7) is 1.50. The number of rotatable bonds is 7. The maximum Gasteiger partial charge on any atom is 0.419 e. The smallest absolute Gasteiger partial charge is 0.419 e. The summed E-state index contributed by atoms with van der Waals surface area (Å²) >= 11 is -1.72. The molecule has 35 heavy (non-hydrogen) atoms. The molecule has 2 aromatic rings. The van der Waals surface area contributed by atoms with Gasteiger partial charge in [0.15, 0.2) is 4.90 Å². The Bertz CT molecular complexity index is 1020. The molecule has 1 aliphatic carbocycles. The molecule has 2 fully saturated rings. The van der Waals surface area contributed by atoms with E-state index >= 15 is 0 Å². The monoisotopic (exact) mass is 520 g/mol. The van der Waals surface area contributed by atoms with Gasteiger partial charge >= 0.3 is 12.4 Å². The van der Waals surface area contributed by atoms with Crippen LogP contribution < -0.4 is 4.74 Å². The number of piperidine rings is 1. The zero-order valence-electron chi connectivity index (χ0n) is 19.0. The quantitative estimate of drug-likeness (QED) is 0.338. The predicted molar refractivity (Wildman–Crippen MR) is 119 cm³/mol. The molecule has 1 saturated heterocycles. The lowest BCUT2D eigenvalue weighted by molar-refractivity contribution is -0.139. The van der Waals surface area contributed by atoms with Crippen molar-refractivity contribution in [1.82, 2.24) is 9.21 Å². The van der Waals surface area contributed by atoms with E-state index in [0.717, 1.165) is 31.0 Å². The Hall–Kier alpha value is -1.95. The van der Waals surface area contributed by atoms with E-state index in [1.165, 1.54) is 25.3 Å². The van der Waals surface area contributed by atoms with Gasteiger partial charge in [0.25, 0.3) is 0 Å². The SMILES string of the molecule is COc1ccc(CN2CCC(N(C3CC3)[S+]([O-])c3cccc(C(F)(F)F)c3)CC2)cc1C(F)(F)F. The lowest BCUT2D eigenvalue weighted by atomic mass is 10.0. The van der Waals surface area contributed by atoms with Crippen molar-refractivity contribution < 1.29 is 35.6 Å². The van der Waals surface area contributed by atoms with Gasteiger partial charge in [0, 0.05) is 25.7 Å². The van der Waals surface area contributed by atoms with Crippen LogP contribution >= 0.6 is 0 Å². The summed E-state index contributed by atoms with van der Waals surface area (Å²) in [6, 6.07) is 8.66. The Labute approximate surface area is 203 Å². The lowest BCUT2D eigenvalue weighted by Crippen LogP contribution is -2.48. The number of hydrogen-bond donors (Lipinski definition) is 0. The molecular formula is C24H26F6N2O2S. The zero-order chi connectivity index (χ0) is 25.4. The van der Waals surface area contributed by atoms with Gasteiger partial charge in [0.2, 0.25) is 0 Å². The molecule has 0 N–H and O–H groups in total. The van der Waals surface area contributed by atoms with Crippen LogP contribution in [0.2, 0.25) is 0 Å². The maximum atomic E-state index is 13.3. The molecule has 2 aromatic carbocycles. The van der Waals surface area contributed by atoms with Crippen LogP contribution in [0.25, 0.3) is 0 Å². The summed E-state index contributed by atoms with van der Waals surface area (Å²) in [6.07, 6.45) is -6.09. The normalized spacial score (nSPS) is 19.2.